The highest BCUT2D eigenvalue weighted by Gasteiger charge is 2.37. The molecule has 9 heteroatoms. The Morgan fingerprint density at radius 2 is 1.24 bits per heavy atom. The van der Waals surface area contributed by atoms with E-state index < -0.39 is 29.2 Å². The Labute approximate surface area is 172 Å². The van der Waals surface area contributed by atoms with Crippen LogP contribution < -0.4 is 10.6 Å². The van der Waals surface area contributed by atoms with E-state index in [1.54, 1.807) is 30.3 Å². The van der Waals surface area contributed by atoms with E-state index in [1.165, 1.54) is 0 Å². The molecule has 162 valence electrons. The third kappa shape index (κ3) is 9.65. The molecule has 2 aromatic rings. The van der Waals surface area contributed by atoms with Crippen LogP contribution in [-0.2, 0) is 18.9 Å². The monoisotopic (exact) mass is 438 g/mol. The molecule has 0 saturated heterocycles. The molecule has 0 saturated carbocycles. The van der Waals surface area contributed by atoms with Gasteiger partial charge in [0.25, 0.3) is 0 Å². The third-order valence-corrected chi connectivity index (χ3v) is 3.39. The Bertz CT molecular complexity index is 711. The summed E-state index contributed by atoms with van der Waals surface area (Å²) in [5.74, 6) is 0. The number of anilines is 1. The summed E-state index contributed by atoms with van der Waals surface area (Å²) in [5.41, 5.74) is -2.36. The molecule has 0 radical (unpaired) electrons. The SMILES string of the molecule is CC.CC.FC(F)(F)c1cc(NC(=S)NCc2ccccc2)cc(C(F)(F)F)c1. The fraction of sp³-hybridized carbons (Fsp3) is 0.350. The van der Waals surface area contributed by atoms with E-state index in [2.05, 4.69) is 10.6 Å². The zero-order valence-electron chi connectivity index (χ0n) is 16.5. The minimum atomic E-state index is -4.91. The standard InChI is InChI=1S/C16H12F6N2S.2C2H6/c17-15(18,19)11-6-12(16(20,21)22)8-13(7-11)24-14(25)23-9-10-4-2-1-3-5-10;2*1-2/h1-8H,9H2,(H2,23,24,25);2*1-2H3. The molecule has 0 unspecified atom stereocenters. The summed E-state index contributed by atoms with van der Waals surface area (Å²) in [7, 11) is 0. The van der Waals surface area contributed by atoms with Crippen LogP contribution in [0.5, 0.6) is 0 Å². The lowest BCUT2D eigenvalue weighted by molar-refractivity contribution is -0.143. The second kappa shape index (κ2) is 12.3. The normalized spacial score (nSPS) is 10.7. The minimum Gasteiger partial charge on any atom is -0.358 e. The van der Waals surface area contributed by atoms with Crippen molar-refractivity contribution in [3.8, 4) is 0 Å². The second-order valence-corrected chi connectivity index (χ2v) is 5.50. The predicted octanol–water partition coefficient (Wildman–Crippen LogP) is 7.26. The molecule has 0 aliphatic carbocycles. The summed E-state index contributed by atoms with van der Waals surface area (Å²) in [6.45, 7) is 8.28. The highest BCUT2D eigenvalue weighted by atomic mass is 32.1. The van der Waals surface area contributed by atoms with Crippen LogP contribution in [-0.4, -0.2) is 5.11 Å². The Hall–Kier alpha value is -2.29. The Morgan fingerprint density at radius 3 is 1.66 bits per heavy atom. The van der Waals surface area contributed by atoms with Crippen molar-refractivity contribution in [2.75, 3.05) is 5.32 Å². The molecule has 0 aromatic heterocycles. The van der Waals surface area contributed by atoms with Crippen molar-refractivity contribution in [3.63, 3.8) is 0 Å². The number of alkyl halides is 6. The van der Waals surface area contributed by atoms with Crippen molar-refractivity contribution in [2.45, 2.75) is 46.6 Å². The Balaban J connectivity index is 0.00000184. The number of thiocarbonyl (C=S) groups is 1. The summed E-state index contributed by atoms with van der Waals surface area (Å²) in [6, 6.07) is 10.2. The van der Waals surface area contributed by atoms with Crippen LogP contribution in [0.4, 0.5) is 32.0 Å². The summed E-state index contributed by atoms with van der Waals surface area (Å²) in [5, 5.41) is 4.99. The van der Waals surface area contributed by atoms with Crippen LogP contribution >= 0.6 is 12.2 Å². The molecule has 29 heavy (non-hydrogen) atoms. The molecule has 0 fully saturated rings. The number of hydrogen-bond acceptors (Lipinski definition) is 1. The van der Waals surface area contributed by atoms with Gasteiger partial charge >= 0.3 is 12.4 Å². The van der Waals surface area contributed by atoms with E-state index in [9.17, 15) is 26.3 Å². The fourth-order valence-electron chi connectivity index (χ4n) is 1.98. The van der Waals surface area contributed by atoms with E-state index in [0.717, 1.165) is 5.56 Å². The first kappa shape index (κ1) is 26.7. The van der Waals surface area contributed by atoms with Gasteiger partial charge in [-0.05, 0) is 36.0 Å². The largest absolute Gasteiger partial charge is 0.416 e. The van der Waals surface area contributed by atoms with Crippen molar-refractivity contribution in [3.05, 3.63) is 65.2 Å². The van der Waals surface area contributed by atoms with Crippen LogP contribution in [0, 0.1) is 0 Å². The smallest absolute Gasteiger partial charge is 0.358 e. The number of rotatable bonds is 3. The summed E-state index contributed by atoms with van der Waals surface area (Å²) in [6.07, 6.45) is -9.81. The molecular weight excluding hydrogens is 414 g/mol. The third-order valence-electron chi connectivity index (χ3n) is 3.14. The van der Waals surface area contributed by atoms with Crippen molar-refractivity contribution >= 4 is 23.0 Å². The van der Waals surface area contributed by atoms with Crippen LogP contribution in [0.25, 0.3) is 0 Å². The van der Waals surface area contributed by atoms with Gasteiger partial charge in [0, 0.05) is 12.2 Å². The molecule has 0 atom stereocenters. The number of nitrogens with one attached hydrogen (secondary N) is 2. The first-order valence-corrected chi connectivity index (χ1v) is 9.35. The molecule has 0 heterocycles. The summed E-state index contributed by atoms with van der Waals surface area (Å²) < 4.78 is 76.8. The zero-order chi connectivity index (χ0) is 22.7. The maximum atomic E-state index is 12.8. The number of hydrogen-bond donors (Lipinski definition) is 2. The zero-order valence-corrected chi connectivity index (χ0v) is 17.3. The second-order valence-electron chi connectivity index (χ2n) is 5.09. The molecule has 0 aliphatic heterocycles. The first-order valence-electron chi connectivity index (χ1n) is 8.94. The minimum absolute atomic E-state index is 0.0611. The van der Waals surface area contributed by atoms with Gasteiger partial charge in [0.1, 0.15) is 0 Å². The molecule has 2 rings (SSSR count). The van der Waals surface area contributed by atoms with Gasteiger partial charge in [0.2, 0.25) is 0 Å². The molecule has 2 aromatic carbocycles. The summed E-state index contributed by atoms with van der Waals surface area (Å²) in [4.78, 5) is 0. The van der Waals surface area contributed by atoms with Gasteiger partial charge in [-0.15, -0.1) is 0 Å². The maximum Gasteiger partial charge on any atom is 0.416 e. The van der Waals surface area contributed by atoms with E-state index >= 15 is 0 Å². The Kier molecular flexibility index (Phi) is 11.3. The van der Waals surface area contributed by atoms with Crippen LogP contribution in [0.3, 0.4) is 0 Å². The lowest BCUT2D eigenvalue weighted by Gasteiger charge is -2.16. The van der Waals surface area contributed by atoms with Crippen molar-refractivity contribution < 1.29 is 26.3 Å². The van der Waals surface area contributed by atoms with Gasteiger partial charge in [-0.2, -0.15) is 26.3 Å². The average molecular weight is 438 g/mol. The molecule has 2 nitrogen and oxygen atoms in total. The number of halogens is 6. The van der Waals surface area contributed by atoms with Gasteiger partial charge in [0.15, 0.2) is 5.11 Å². The van der Waals surface area contributed by atoms with Crippen LogP contribution in [0.15, 0.2) is 48.5 Å². The first-order chi connectivity index (χ1) is 13.6. The molecule has 0 bridgehead atoms. The van der Waals surface area contributed by atoms with Crippen LogP contribution in [0.1, 0.15) is 44.4 Å². The lowest BCUT2D eigenvalue weighted by atomic mass is 10.1. The van der Waals surface area contributed by atoms with E-state index in [4.69, 9.17) is 12.2 Å². The molecular formula is C20H24F6N2S. The van der Waals surface area contributed by atoms with Gasteiger partial charge in [-0.1, -0.05) is 58.0 Å². The summed E-state index contributed by atoms with van der Waals surface area (Å²) >= 11 is 4.92. The lowest BCUT2D eigenvalue weighted by Crippen LogP contribution is -2.28. The quantitative estimate of drug-likeness (QED) is 0.389. The highest BCUT2D eigenvalue weighted by molar-refractivity contribution is 7.80. The van der Waals surface area contributed by atoms with Crippen molar-refractivity contribution in [2.24, 2.45) is 0 Å². The van der Waals surface area contributed by atoms with Gasteiger partial charge in [-0.3, -0.25) is 0 Å². The predicted molar refractivity (Wildman–Crippen MR) is 109 cm³/mol. The van der Waals surface area contributed by atoms with Crippen LogP contribution in [0.2, 0.25) is 0 Å². The molecule has 2 N–H and O–H groups in total. The average Bonchev–Trinajstić information content (AvgIpc) is 2.69. The maximum absolute atomic E-state index is 12.8. The topological polar surface area (TPSA) is 24.1 Å². The van der Waals surface area contributed by atoms with E-state index in [-0.39, 0.29) is 17.7 Å². The van der Waals surface area contributed by atoms with E-state index in [0.29, 0.717) is 12.1 Å². The van der Waals surface area contributed by atoms with Crippen molar-refractivity contribution in [1.82, 2.24) is 5.32 Å². The Morgan fingerprint density at radius 1 is 0.793 bits per heavy atom. The van der Waals surface area contributed by atoms with Gasteiger partial charge in [-0.25, -0.2) is 0 Å². The highest BCUT2D eigenvalue weighted by Crippen LogP contribution is 2.37. The molecule has 0 spiro atoms. The fourth-order valence-corrected chi connectivity index (χ4v) is 2.17. The van der Waals surface area contributed by atoms with Gasteiger partial charge < -0.3 is 10.6 Å². The van der Waals surface area contributed by atoms with E-state index in [1.807, 2.05) is 27.7 Å². The number of benzene rings is 2. The van der Waals surface area contributed by atoms with Crippen molar-refractivity contribution in [1.29, 1.82) is 0 Å². The molecule has 0 aliphatic rings. The van der Waals surface area contributed by atoms with Gasteiger partial charge in [0.05, 0.1) is 11.1 Å². The molecule has 0 amide bonds.